The first-order chi connectivity index (χ1) is 9.63. The van der Waals surface area contributed by atoms with Crippen LogP contribution in [0.4, 0.5) is 0 Å². The van der Waals surface area contributed by atoms with E-state index in [0.29, 0.717) is 6.61 Å². The van der Waals surface area contributed by atoms with Gasteiger partial charge in [0.2, 0.25) is 0 Å². The van der Waals surface area contributed by atoms with Crippen molar-refractivity contribution in [3.63, 3.8) is 0 Å². The fourth-order valence-electron chi connectivity index (χ4n) is 2.38. The molecular weight excluding hydrogens is 340 g/mol. The number of hydrogen-bond acceptors (Lipinski definition) is 2. The van der Waals surface area contributed by atoms with Crippen LogP contribution in [0.1, 0.15) is 16.7 Å². The third-order valence-electron chi connectivity index (χ3n) is 3.35. The van der Waals surface area contributed by atoms with Gasteiger partial charge in [-0.15, -0.1) is 0 Å². The first-order valence-corrected chi connectivity index (χ1v) is 7.63. The van der Waals surface area contributed by atoms with Gasteiger partial charge in [0.05, 0.1) is 6.61 Å². The Balaban J connectivity index is 1.82. The highest BCUT2D eigenvalue weighted by molar-refractivity contribution is 9.10. The molecule has 0 saturated carbocycles. The number of halogens is 2. The molecule has 2 aromatic carbocycles. The average Bonchev–Trinajstić information content (AvgIpc) is 2.85. The lowest BCUT2D eigenvalue weighted by molar-refractivity contribution is 0.290. The average molecular weight is 354 g/mol. The zero-order chi connectivity index (χ0) is 14.1. The maximum absolute atomic E-state index is 6.15. The van der Waals surface area contributed by atoms with Gasteiger partial charge in [0.1, 0.15) is 18.1 Å². The molecular formula is C16H14BrClO2. The van der Waals surface area contributed by atoms with Crippen molar-refractivity contribution < 1.29 is 9.47 Å². The number of benzene rings is 2. The van der Waals surface area contributed by atoms with E-state index >= 15 is 0 Å². The molecule has 0 aliphatic carbocycles. The lowest BCUT2D eigenvalue weighted by Gasteiger charge is -2.12. The van der Waals surface area contributed by atoms with Gasteiger partial charge < -0.3 is 9.47 Å². The summed E-state index contributed by atoms with van der Waals surface area (Å²) in [7, 11) is 0. The Hall–Kier alpha value is -1.19. The minimum Gasteiger partial charge on any atom is -0.493 e. The van der Waals surface area contributed by atoms with Gasteiger partial charge in [0.15, 0.2) is 0 Å². The maximum Gasteiger partial charge on any atom is 0.129 e. The highest BCUT2D eigenvalue weighted by Crippen LogP contribution is 2.34. The molecule has 2 nitrogen and oxygen atoms in total. The summed E-state index contributed by atoms with van der Waals surface area (Å²) in [5.74, 6) is 1.81. The van der Waals surface area contributed by atoms with E-state index in [2.05, 4.69) is 15.9 Å². The van der Waals surface area contributed by atoms with Crippen LogP contribution < -0.4 is 9.47 Å². The van der Waals surface area contributed by atoms with Crippen LogP contribution in [0.5, 0.6) is 11.5 Å². The Morgan fingerprint density at radius 3 is 2.95 bits per heavy atom. The minimum atomic E-state index is 0.464. The van der Waals surface area contributed by atoms with Gasteiger partial charge in [-0.2, -0.15) is 0 Å². The Kier molecular flexibility index (Phi) is 3.90. The summed E-state index contributed by atoms with van der Waals surface area (Å²) in [4.78, 5) is 0. The van der Waals surface area contributed by atoms with Crippen molar-refractivity contribution in [3.8, 4) is 11.5 Å². The molecule has 0 atom stereocenters. The molecule has 0 bridgehead atoms. The van der Waals surface area contributed by atoms with E-state index in [1.54, 1.807) is 0 Å². The van der Waals surface area contributed by atoms with Crippen LogP contribution in [0.25, 0.3) is 0 Å². The van der Waals surface area contributed by atoms with Gasteiger partial charge in [0, 0.05) is 21.5 Å². The zero-order valence-corrected chi connectivity index (χ0v) is 13.4. The van der Waals surface area contributed by atoms with Crippen LogP contribution in [0.3, 0.4) is 0 Å². The second kappa shape index (κ2) is 5.66. The predicted molar refractivity (Wildman–Crippen MR) is 83.9 cm³/mol. The first kappa shape index (κ1) is 13.8. The Bertz CT molecular complexity index is 655. The van der Waals surface area contributed by atoms with Crippen molar-refractivity contribution in [1.82, 2.24) is 0 Å². The third kappa shape index (κ3) is 2.79. The normalized spacial score (nSPS) is 12.9. The summed E-state index contributed by atoms with van der Waals surface area (Å²) in [5.41, 5.74) is 3.27. The van der Waals surface area contributed by atoms with E-state index in [4.69, 9.17) is 21.1 Å². The van der Waals surface area contributed by atoms with E-state index in [9.17, 15) is 0 Å². The number of hydrogen-bond donors (Lipinski definition) is 0. The largest absolute Gasteiger partial charge is 0.493 e. The molecule has 1 aliphatic heterocycles. The summed E-state index contributed by atoms with van der Waals surface area (Å²) < 4.78 is 12.6. The van der Waals surface area contributed by atoms with E-state index in [1.165, 1.54) is 5.56 Å². The topological polar surface area (TPSA) is 18.5 Å². The molecule has 0 amide bonds. The van der Waals surface area contributed by atoms with Crippen LogP contribution in [0.15, 0.2) is 34.8 Å². The van der Waals surface area contributed by atoms with E-state index < -0.39 is 0 Å². The maximum atomic E-state index is 6.15. The van der Waals surface area contributed by atoms with Crippen molar-refractivity contribution in [1.29, 1.82) is 0 Å². The smallest absolute Gasteiger partial charge is 0.129 e. The highest BCUT2D eigenvalue weighted by atomic mass is 79.9. The molecule has 104 valence electrons. The lowest BCUT2D eigenvalue weighted by Crippen LogP contribution is -2.00. The quantitative estimate of drug-likeness (QED) is 0.779. The van der Waals surface area contributed by atoms with Gasteiger partial charge in [0.25, 0.3) is 0 Å². The summed E-state index contributed by atoms with van der Waals surface area (Å²) in [6.07, 6.45) is 0.917. The molecule has 1 aliphatic rings. The molecule has 0 unspecified atom stereocenters. The van der Waals surface area contributed by atoms with Crippen molar-refractivity contribution in [3.05, 3.63) is 56.5 Å². The Morgan fingerprint density at radius 1 is 1.30 bits per heavy atom. The first-order valence-electron chi connectivity index (χ1n) is 6.46. The van der Waals surface area contributed by atoms with E-state index in [1.807, 2.05) is 37.3 Å². The summed E-state index contributed by atoms with van der Waals surface area (Å²) in [6, 6.07) is 9.86. The third-order valence-corrected chi connectivity index (χ3v) is 4.06. The van der Waals surface area contributed by atoms with Gasteiger partial charge in [-0.05, 0) is 48.4 Å². The van der Waals surface area contributed by atoms with Crippen LogP contribution in [-0.4, -0.2) is 6.61 Å². The highest BCUT2D eigenvalue weighted by Gasteiger charge is 2.18. The summed E-state index contributed by atoms with van der Waals surface area (Å²) >= 11 is 9.59. The number of aryl methyl sites for hydroxylation is 1. The lowest BCUT2D eigenvalue weighted by atomic mass is 10.1. The number of fused-ring (bicyclic) bond motifs is 1. The van der Waals surface area contributed by atoms with Crippen LogP contribution in [-0.2, 0) is 13.0 Å². The van der Waals surface area contributed by atoms with E-state index in [0.717, 1.165) is 45.1 Å². The minimum absolute atomic E-state index is 0.464. The molecule has 0 radical (unpaired) electrons. The molecule has 2 aromatic rings. The zero-order valence-electron chi connectivity index (χ0n) is 11.1. The Morgan fingerprint density at radius 2 is 2.15 bits per heavy atom. The summed E-state index contributed by atoms with van der Waals surface area (Å²) in [5, 5.41) is 0.736. The monoisotopic (exact) mass is 352 g/mol. The van der Waals surface area contributed by atoms with Crippen LogP contribution >= 0.6 is 27.5 Å². The SMILES string of the molecule is Cc1cc(Br)ccc1OCc1cc(Cl)cc2c1OCC2. The van der Waals surface area contributed by atoms with Gasteiger partial charge >= 0.3 is 0 Å². The number of ether oxygens (including phenoxy) is 2. The fourth-order valence-corrected chi connectivity index (χ4v) is 3.12. The Labute approximate surface area is 131 Å². The van der Waals surface area contributed by atoms with Crippen LogP contribution in [0, 0.1) is 6.92 Å². The second-order valence-corrected chi connectivity index (χ2v) is 6.20. The molecule has 0 spiro atoms. The molecule has 1 heterocycles. The van der Waals surface area contributed by atoms with Crippen molar-refractivity contribution >= 4 is 27.5 Å². The van der Waals surface area contributed by atoms with Gasteiger partial charge in [-0.25, -0.2) is 0 Å². The van der Waals surface area contributed by atoms with E-state index in [-0.39, 0.29) is 0 Å². The fraction of sp³-hybridized carbons (Fsp3) is 0.250. The molecule has 4 heteroatoms. The van der Waals surface area contributed by atoms with Gasteiger partial charge in [-0.1, -0.05) is 27.5 Å². The van der Waals surface area contributed by atoms with Crippen LogP contribution in [0.2, 0.25) is 5.02 Å². The van der Waals surface area contributed by atoms with Crippen molar-refractivity contribution in [2.24, 2.45) is 0 Å². The summed E-state index contributed by atoms with van der Waals surface area (Å²) in [6.45, 7) is 3.21. The van der Waals surface area contributed by atoms with Gasteiger partial charge in [-0.3, -0.25) is 0 Å². The molecule has 0 N–H and O–H groups in total. The standard InChI is InChI=1S/C16H14BrClO2/c1-10-6-13(17)2-3-15(10)20-9-12-8-14(18)7-11-4-5-19-16(11)12/h2-3,6-8H,4-5,9H2,1H3. The molecule has 0 fully saturated rings. The molecule has 0 aromatic heterocycles. The van der Waals surface area contributed by atoms with Crippen molar-refractivity contribution in [2.45, 2.75) is 20.0 Å². The number of rotatable bonds is 3. The second-order valence-electron chi connectivity index (χ2n) is 4.85. The van der Waals surface area contributed by atoms with Crippen molar-refractivity contribution in [2.75, 3.05) is 6.61 Å². The molecule has 0 saturated heterocycles. The molecule has 20 heavy (non-hydrogen) atoms. The molecule has 3 rings (SSSR count). The predicted octanol–water partition coefficient (Wildman–Crippen LogP) is 4.92.